The molecule has 2 N–H and O–H groups in total. The van der Waals surface area contributed by atoms with Gasteiger partial charge >= 0.3 is 11.7 Å². The average Bonchev–Trinajstić information content (AvgIpc) is 2.89. The maximum absolute atomic E-state index is 12.6. The molecule has 0 saturated carbocycles. The lowest BCUT2D eigenvalue weighted by Gasteiger charge is -2.09. The van der Waals surface area contributed by atoms with E-state index in [-0.39, 0.29) is 34.2 Å². The third-order valence-corrected chi connectivity index (χ3v) is 5.04. The molecule has 0 bridgehead atoms. The van der Waals surface area contributed by atoms with Gasteiger partial charge in [0.1, 0.15) is 0 Å². The molecule has 194 valence electrons. The zero-order chi connectivity index (χ0) is 27.8. The number of non-ortho nitro benzene ring substituents is 1. The summed E-state index contributed by atoms with van der Waals surface area (Å²) in [6, 6.07) is 14.4. The van der Waals surface area contributed by atoms with Crippen LogP contribution in [0.5, 0.6) is 5.75 Å². The Morgan fingerprint density at radius 2 is 1.53 bits per heavy atom. The molecule has 0 spiro atoms. The van der Waals surface area contributed by atoms with Crippen molar-refractivity contribution in [2.45, 2.75) is 13.8 Å². The van der Waals surface area contributed by atoms with E-state index in [1.807, 2.05) is 0 Å². The fraction of sp³-hybridized carbons (Fsp3) is 0.120. The molecule has 13 heteroatoms. The molecular weight excluding hydrogens is 498 g/mol. The molecule has 0 heterocycles. The molecule has 0 atom stereocenters. The van der Waals surface area contributed by atoms with Gasteiger partial charge in [0.05, 0.1) is 21.6 Å². The second-order valence-corrected chi connectivity index (χ2v) is 8.07. The Morgan fingerprint density at radius 3 is 2.11 bits per heavy atom. The predicted molar refractivity (Wildman–Crippen MR) is 136 cm³/mol. The number of hydrogen-bond acceptors (Lipinski definition) is 9. The van der Waals surface area contributed by atoms with Gasteiger partial charge < -0.3 is 10.1 Å². The quantitative estimate of drug-likeness (QED) is 0.139. The molecule has 3 aromatic carbocycles. The minimum atomic E-state index is -0.988. The number of nitrogens with zero attached hydrogens (tertiary/aromatic N) is 3. The van der Waals surface area contributed by atoms with Crippen LogP contribution in [0.4, 0.5) is 17.1 Å². The van der Waals surface area contributed by atoms with Crippen LogP contribution in [-0.4, -0.2) is 33.8 Å². The number of nitrogens with one attached hydrogen (secondary N) is 2. The molecule has 2 amide bonds. The van der Waals surface area contributed by atoms with Crippen LogP contribution in [0.3, 0.4) is 0 Å². The van der Waals surface area contributed by atoms with Crippen LogP contribution in [0.15, 0.2) is 71.8 Å². The van der Waals surface area contributed by atoms with Crippen molar-refractivity contribution in [1.29, 1.82) is 0 Å². The van der Waals surface area contributed by atoms with Crippen LogP contribution >= 0.6 is 0 Å². The van der Waals surface area contributed by atoms with E-state index in [4.69, 9.17) is 4.74 Å². The summed E-state index contributed by atoms with van der Waals surface area (Å²) in [5.41, 5.74) is 2.18. The Kier molecular flexibility index (Phi) is 8.56. The number of ether oxygens (including phenoxy) is 1. The zero-order valence-corrected chi connectivity index (χ0v) is 20.1. The summed E-state index contributed by atoms with van der Waals surface area (Å²) in [7, 11) is 0. The normalized spacial score (nSPS) is 10.7. The summed E-state index contributed by atoms with van der Waals surface area (Å²) in [6.45, 7) is 3.50. The van der Waals surface area contributed by atoms with E-state index in [2.05, 4.69) is 15.8 Å². The number of para-hydroxylation sites is 1. The van der Waals surface area contributed by atoms with Gasteiger partial charge in [0.15, 0.2) is 0 Å². The molecule has 13 nitrogen and oxygen atoms in total. The summed E-state index contributed by atoms with van der Waals surface area (Å²) in [5, 5.41) is 28.8. The minimum absolute atomic E-state index is 0.0153. The van der Waals surface area contributed by atoms with Gasteiger partial charge in [-0.1, -0.05) is 19.9 Å². The van der Waals surface area contributed by atoms with Gasteiger partial charge in [0.2, 0.25) is 11.7 Å². The Hall–Kier alpha value is -5.46. The maximum atomic E-state index is 12.6. The summed E-state index contributed by atoms with van der Waals surface area (Å²) in [6.07, 6.45) is 1.07. The third kappa shape index (κ3) is 6.81. The fourth-order valence-corrected chi connectivity index (χ4v) is 2.99. The number of carbonyl (C=O) groups is 3. The highest BCUT2D eigenvalue weighted by Crippen LogP contribution is 2.31. The highest BCUT2D eigenvalue weighted by molar-refractivity contribution is 5.97. The molecule has 0 aromatic heterocycles. The van der Waals surface area contributed by atoms with Gasteiger partial charge in [0, 0.05) is 40.9 Å². The van der Waals surface area contributed by atoms with Crippen molar-refractivity contribution in [3.63, 3.8) is 0 Å². The summed E-state index contributed by atoms with van der Waals surface area (Å²) in [5.74, 6) is -2.40. The molecule has 3 rings (SSSR count). The van der Waals surface area contributed by atoms with Gasteiger partial charge in [-0.15, -0.1) is 0 Å². The lowest BCUT2D eigenvalue weighted by Crippen LogP contribution is -2.19. The van der Waals surface area contributed by atoms with E-state index in [1.165, 1.54) is 24.3 Å². The van der Waals surface area contributed by atoms with E-state index < -0.39 is 33.2 Å². The van der Waals surface area contributed by atoms with Gasteiger partial charge in [-0.2, -0.15) is 5.10 Å². The van der Waals surface area contributed by atoms with Crippen molar-refractivity contribution in [3.05, 3.63) is 104 Å². The molecule has 0 fully saturated rings. The first-order chi connectivity index (χ1) is 18.1. The molecule has 3 aromatic rings. The van der Waals surface area contributed by atoms with Crippen LogP contribution < -0.4 is 15.5 Å². The highest BCUT2D eigenvalue weighted by atomic mass is 16.6. The van der Waals surface area contributed by atoms with Crippen molar-refractivity contribution in [2.75, 3.05) is 5.32 Å². The predicted octanol–water partition coefficient (Wildman–Crippen LogP) is 4.08. The Morgan fingerprint density at radius 1 is 0.895 bits per heavy atom. The largest absolute Gasteiger partial charge is 0.415 e. The van der Waals surface area contributed by atoms with Crippen LogP contribution in [0.25, 0.3) is 0 Å². The SMILES string of the molecule is CC(C)C(=O)Nc1ccc(C(=O)N/N=C/c2cccc([N+](=O)[O-])c2OC(=O)c2ccc([N+](=O)[O-])cc2)cc1. The average molecular weight is 519 g/mol. The van der Waals surface area contributed by atoms with Gasteiger partial charge in [0.25, 0.3) is 11.6 Å². The third-order valence-electron chi connectivity index (χ3n) is 5.04. The molecule has 0 aliphatic rings. The first-order valence-electron chi connectivity index (χ1n) is 11.0. The lowest BCUT2D eigenvalue weighted by molar-refractivity contribution is -0.385. The van der Waals surface area contributed by atoms with Gasteiger partial charge in [-0.05, 0) is 42.5 Å². The standard InChI is InChI=1S/C25H21N5O8/c1-15(2)23(31)27-19-10-6-16(7-11-19)24(32)28-26-14-18-4-3-5-21(30(36)37)22(18)38-25(33)17-8-12-20(13-9-17)29(34)35/h3-15H,1-2H3,(H,27,31)(H,28,32)/b26-14+. The summed E-state index contributed by atoms with van der Waals surface area (Å²) < 4.78 is 5.24. The number of hydrogen-bond donors (Lipinski definition) is 2. The van der Waals surface area contributed by atoms with Crippen LogP contribution in [0.2, 0.25) is 0 Å². The Balaban J connectivity index is 1.75. The number of benzene rings is 3. The van der Waals surface area contributed by atoms with Crippen molar-refractivity contribution in [3.8, 4) is 5.75 Å². The summed E-state index contributed by atoms with van der Waals surface area (Å²) >= 11 is 0. The van der Waals surface area contributed by atoms with Crippen molar-refractivity contribution >= 4 is 41.1 Å². The number of anilines is 1. The number of nitro benzene ring substituents is 2. The highest BCUT2D eigenvalue weighted by Gasteiger charge is 2.22. The van der Waals surface area contributed by atoms with Crippen LogP contribution in [-0.2, 0) is 4.79 Å². The molecule has 0 aliphatic heterocycles. The minimum Gasteiger partial charge on any atom is -0.415 e. The van der Waals surface area contributed by atoms with Crippen molar-refractivity contribution in [2.24, 2.45) is 11.0 Å². The first-order valence-corrected chi connectivity index (χ1v) is 11.0. The van der Waals surface area contributed by atoms with Gasteiger partial charge in [-0.3, -0.25) is 29.8 Å². The number of hydrazone groups is 1. The molecule has 0 unspecified atom stereocenters. The van der Waals surface area contributed by atoms with Crippen molar-refractivity contribution in [1.82, 2.24) is 5.43 Å². The van der Waals surface area contributed by atoms with E-state index in [0.29, 0.717) is 5.69 Å². The zero-order valence-electron chi connectivity index (χ0n) is 20.1. The number of carbonyl (C=O) groups excluding carboxylic acids is 3. The van der Waals surface area contributed by atoms with Gasteiger partial charge in [-0.25, -0.2) is 10.2 Å². The smallest absolute Gasteiger partial charge is 0.343 e. The first kappa shape index (κ1) is 27.1. The number of amides is 2. The topological polar surface area (TPSA) is 183 Å². The van der Waals surface area contributed by atoms with E-state index >= 15 is 0 Å². The maximum Gasteiger partial charge on any atom is 0.343 e. The summed E-state index contributed by atoms with van der Waals surface area (Å²) in [4.78, 5) is 57.7. The Bertz CT molecular complexity index is 1420. The van der Waals surface area contributed by atoms with E-state index in [0.717, 1.165) is 36.5 Å². The molecule has 0 radical (unpaired) electrons. The van der Waals surface area contributed by atoms with E-state index in [9.17, 15) is 34.6 Å². The number of nitro groups is 2. The molecule has 38 heavy (non-hydrogen) atoms. The molecule has 0 aliphatic carbocycles. The second-order valence-electron chi connectivity index (χ2n) is 8.07. The second kappa shape index (κ2) is 12.0. The van der Waals surface area contributed by atoms with Crippen LogP contribution in [0.1, 0.15) is 40.1 Å². The molecule has 0 saturated heterocycles. The van der Waals surface area contributed by atoms with Crippen molar-refractivity contribution < 1.29 is 29.0 Å². The molecular formula is C25H21N5O8. The lowest BCUT2D eigenvalue weighted by atomic mass is 10.1. The number of rotatable bonds is 9. The van der Waals surface area contributed by atoms with E-state index in [1.54, 1.807) is 26.0 Å². The number of esters is 1. The fourth-order valence-electron chi connectivity index (χ4n) is 2.99. The Labute approximate surface area is 215 Å². The van der Waals surface area contributed by atoms with Crippen LogP contribution in [0, 0.1) is 26.1 Å². The monoisotopic (exact) mass is 519 g/mol.